The van der Waals surface area contributed by atoms with Crippen LogP contribution in [0.4, 0.5) is 0 Å². The molecule has 8 heteroatoms. The van der Waals surface area contributed by atoms with Gasteiger partial charge in [0, 0.05) is 43.0 Å². The molecule has 0 atom stereocenters. The number of aromatic nitrogens is 6. The first-order valence-electron chi connectivity index (χ1n) is 13.6. The van der Waals surface area contributed by atoms with Gasteiger partial charge < -0.3 is 4.90 Å². The number of nitrogens with zero attached hydrogens (tertiary/aromatic N) is 7. The summed E-state index contributed by atoms with van der Waals surface area (Å²) in [6, 6.07) is 18.6. The molecule has 0 unspecified atom stereocenters. The van der Waals surface area contributed by atoms with Gasteiger partial charge in [0.15, 0.2) is 5.65 Å². The van der Waals surface area contributed by atoms with Gasteiger partial charge in [0.1, 0.15) is 17.7 Å². The van der Waals surface area contributed by atoms with E-state index >= 15 is 0 Å². The zero-order valence-corrected chi connectivity index (χ0v) is 22.7. The summed E-state index contributed by atoms with van der Waals surface area (Å²) in [5.41, 5.74) is 7.95. The molecule has 1 amide bonds. The number of amides is 1. The van der Waals surface area contributed by atoms with E-state index in [2.05, 4.69) is 70.1 Å². The average molecular weight is 520 g/mol. The minimum atomic E-state index is 0.00820. The maximum Gasteiger partial charge on any atom is 0.259 e. The second-order valence-corrected chi connectivity index (χ2v) is 10.6. The van der Waals surface area contributed by atoms with E-state index in [0.29, 0.717) is 30.2 Å². The smallest absolute Gasteiger partial charge is 0.259 e. The van der Waals surface area contributed by atoms with E-state index in [1.54, 1.807) is 12.5 Å². The molecule has 0 bridgehead atoms. The number of likely N-dealkylation sites (tertiary alicyclic amines) is 1. The number of carbonyl (C=O) groups excluding carboxylic acids is 1. The molecule has 5 aromatic rings. The molecule has 0 N–H and O–H groups in total. The van der Waals surface area contributed by atoms with Gasteiger partial charge in [-0.25, -0.2) is 9.50 Å². The first-order chi connectivity index (χ1) is 19.0. The van der Waals surface area contributed by atoms with Crippen molar-refractivity contribution in [2.45, 2.75) is 46.5 Å². The fraction of sp³-hybridized carbons (Fsp3) is 0.323. The molecule has 198 valence electrons. The van der Waals surface area contributed by atoms with E-state index in [9.17, 15) is 4.79 Å². The molecule has 1 saturated heterocycles. The van der Waals surface area contributed by atoms with Crippen molar-refractivity contribution in [2.24, 2.45) is 5.92 Å². The van der Waals surface area contributed by atoms with Crippen molar-refractivity contribution in [1.29, 1.82) is 0 Å². The first-order valence-corrected chi connectivity index (χ1v) is 13.6. The Morgan fingerprint density at radius 1 is 0.974 bits per heavy atom. The minimum Gasteiger partial charge on any atom is -0.338 e. The largest absolute Gasteiger partial charge is 0.338 e. The van der Waals surface area contributed by atoms with Gasteiger partial charge in [-0.05, 0) is 68.4 Å². The van der Waals surface area contributed by atoms with Crippen molar-refractivity contribution in [1.82, 2.24) is 34.3 Å². The van der Waals surface area contributed by atoms with Crippen molar-refractivity contribution in [2.75, 3.05) is 13.1 Å². The van der Waals surface area contributed by atoms with Crippen molar-refractivity contribution < 1.29 is 4.79 Å². The lowest BCUT2D eigenvalue weighted by Crippen LogP contribution is -2.39. The number of carbonyl (C=O) groups is 1. The Bertz CT molecular complexity index is 1630. The molecule has 0 radical (unpaired) electrons. The Hall–Kier alpha value is -4.33. The molecule has 3 aromatic heterocycles. The number of rotatable bonds is 6. The van der Waals surface area contributed by atoms with Gasteiger partial charge in [-0.2, -0.15) is 5.10 Å². The van der Waals surface area contributed by atoms with Crippen LogP contribution < -0.4 is 0 Å². The Balaban J connectivity index is 1.16. The molecular weight excluding hydrogens is 486 g/mol. The number of piperidine rings is 1. The summed E-state index contributed by atoms with van der Waals surface area (Å²) in [6.07, 6.45) is 6.96. The third-order valence-electron chi connectivity index (χ3n) is 8.09. The number of para-hydroxylation sites is 1. The van der Waals surface area contributed by atoms with Crippen molar-refractivity contribution in [3.05, 3.63) is 107 Å². The Morgan fingerprint density at radius 2 is 1.72 bits per heavy atom. The maximum absolute atomic E-state index is 13.6. The Labute approximate surface area is 228 Å². The van der Waals surface area contributed by atoms with Crippen LogP contribution in [-0.2, 0) is 12.8 Å². The summed E-state index contributed by atoms with van der Waals surface area (Å²) in [6.45, 7) is 7.65. The summed E-state index contributed by atoms with van der Waals surface area (Å²) in [5, 5.41) is 13.1. The third kappa shape index (κ3) is 4.82. The summed E-state index contributed by atoms with van der Waals surface area (Å²) in [7, 11) is 0. The minimum absolute atomic E-state index is 0.00820. The van der Waals surface area contributed by atoms with E-state index in [4.69, 9.17) is 4.98 Å². The number of fused-ring (bicyclic) bond motifs is 1. The summed E-state index contributed by atoms with van der Waals surface area (Å²) >= 11 is 0. The molecule has 1 fully saturated rings. The predicted molar refractivity (Wildman–Crippen MR) is 150 cm³/mol. The molecule has 1 aliphatic rings. The fourth-order valence-corrected chi connectivity index (χ4v) is 5.69. The van der Waals surface area contributed by atoms with Gasteiger partial charge >= 0.3 is 0 Å². The van der Waals surface area contributed by atoms with Crippen LogP contribution in [0.25, 0.3) is 11.3 Å². The highest BCUT2D eigenvalue weighted by atomic mass is 16.2. The molecule has 39 heavy (non-hydrogen) atoms. The van der Waals surface area contributed by atoms with Gasteiger partial charge in [0.05, 0.1) is 6.20 Å². The molecule has 1 aliphatic heterocycles. The molecule has 6 rings (SSSR count). The van der Waals surface area contributed by atoms with E-state index in [1.807, 2.05) is 34.5 Å². The maximum atomic E-state index is 13.6. The first kappa shape index (κ1) is 25.0. The fourth-order valence-electron chi connectivity index (χ4n) is 5.69. The van der Waals surface area contributed by atoms with E-state index in [-0.39, 0.29) is 5.91 Å². The molecule has 2 aromatic carbocycles. The number of hydrogen-bond acceptors (Lipinski definition) is 5. The van der Waals surface area contributed by atoms with Crippen molar-refractivity contribution >= 4 is 11.6 Å². The lowest BCUT2D eigenvalue weighted by atomic mass is 9.93. The lowest BCUT2D eigenvalue weighted by molar-refractivity contribution is 0.0691. The number of benzene rings is 2. The van der Waals surface area contributed by atoms with E-state index in [1.165, 1.54) is 11.1 Å². The summed E-state index contributed by atoms with van der Waals surface area (Å²) in [5.74, 6) is 1.43. The van der Waals surface area contributed by atoms with Crippen molar-refractivity contribution in [3.8, 4) is 5.69 Å². The summed E-state index contributed by atoms with van der Waals surface area (Å²) < 4.78 is 3.89. The number of aryl methyl sites for hydroxylation is 3. The highest BCUT2D eigenvalue weighted by Gasteiger charge is 2.28. The third-order valence-corrected chi connectivity index (χ3v) is 8.09. The SMILES string of the molecule is Cc1ccccc1Cc1c(C)nc2c(C(=O)N3CCC(Cc4nncn4-c4ccccc4)CC3)cnn2c1C. The van der Waals surface area contributed by atoms with Gasteiger partial charge in [-0.3, -0.25) is 9.36 Å². The standard InChI is InChI=1S/C31H33N7O/c1-21-9-7-8-10-25(21)18-27-22(2)34-30-28(19-33-38(30)23(27)3)31(39)36-15-13-24(14-16-36)17-29-35-32-20-37(29)26-11-5-4-6-12-26/h4-12,19-20,24H,13-18H2,1-3H3. The van der Waals surface area contributed by atoms with Gasteiger partial charge in [0.25, 0.3) is 5.91 Å². The quantitative estimate of drug-likeness (QED) is 0.318. The molecule has 8 nitrogen and oxygen atoms in total. The predicted octanol–water partition coefficient (Wildman–Crippen LogP) is 4.92. The monoisotopic (exact) mass is 519 g/mol. The molecule has 0 saturated carbocycles. The van der Waals surface area contributed by atoms with Crippen LogP contribution in [0.15, 0.2) is 67.1 Å². The molecular formula is C31H33N7O. The average Bonchev–Trinajstić information content (AvgIpc) is 3.60. The van der Waals surface area contributed by atoms with E-state index < -0.39 is 0 Å². The van der Waals surface area contributed by atoms with Crippen LogP contribution in [0, 0.1) is 26.7 Å². The van der Waals surface area contributed by atoms with Gasteiger partial charge in [0.2, 0.25) is 0 Å². The Morgan fingerprint density at radius 3 is 2.49 bits per heavy atom. The lowest BCUT2D eigenvalue weighted by Gasteiger charge is -2.31. The highest BCUT2D eigenvalue weighted by Crippen LogP contribution is 2.26. The van der Waals surface area contributed by atoms with Crippen LogP contribution in [0.2, 0.25) is 0 Å². The van der Waals surface area contributed by atoms with Crippen LogP contribution >= 0.6 is 0 Å². The van der Waals surface area contributed by atoms with Crippen LogP contribution in [0.5, 0.6) is 0 Å². The van der Waals surface area contributed by atoms with E-state index in [0.717, 1.165) is 54.1 Å². The van der Waals surface area contributed by atoms with Gasteiger partial charge in [-0.15, -0.1) is 10.2 Å². The molecule has 0 aliphatic carbocycles. The zero-order chi connectivity index (χ0) is 26.9. The molecule has 4 heterocycles. The van der Waals surface area contributed by atoms with Gasteiger partial charge in [-0.1, -0.05) is 42.5 Å². The second-order valence-electron chi connectivity index (χ2n) is 10.6. The second kappa shape index (κ2) is 10.4. The van der Waals surface area contributed by atoms with Crippen LogP contribution in [-0.4, -0.2) is 53.3 Å². The van der Waals surface area contributed by atoms with Crippen molar-refractivity contribution in [3.63, 3.8) is 0 Å². The number of hydrogen-bond donors (Lipinski definition) is 0. The zero-order valence-electron chi connectivity index (χ0n) is 22.7. The molecule has 0 spiro atoms. The summed E-state index contributed by atoms with van der Waals surface area (Å²) in [4.78, 5) is 20.4. The normalized spacial score (nSPS) is 14.3. The van der Waals surface area contributed by atoms with Crippen LogP contribution in [0.1, 0.15) is 57.1 Å². The van der Waals surface area contributed by atoms with Crippen LogP contribution in [0.3, 0.4) is 0 Å². The topological polar surface area (TPSA) is 81.2 Å². The highest BCUT2D eigenvalue weighted by molar-refractivity contribution is 5.99. The Kier molecular flexibility index (Phi) is 6.69.